The van der Waals surface area contributed by atoms with Crippen molar-refractivity contribution in [3.63, 3.8) is 0 Å². The first-order valence-electron chi connectivity index (χ1n) is 10.9. The highest BCUT2D eigenvalue weighted by Gasteiger charge is 2.32. The smallest absolute Gasteiger partial charge is 0.237 e. The summed E-state index contributed by atoms with van der Waals surface area (Å²) < 4.78 is 12.8. The molecule has 0 radical (unpaired) electrons. The third kappa shape index (κ3) is 4.78. The van der Waals surface area contributed by atoms with E-state index in [1.165, 1.54) is 0 Å². The summed E-state index contributed by atoms with van der Waals surface area (Å²) >= 11 is 0. The molecule has 1 saturated heterocycles. The van der Waals surface area contributed by atoms with E-state index in [2.05, 4.69) is 5.10 Å². The van der Waals surface area contributed by atoms with Crippen molar-refractivity contribution < 1.29 is 14.3 Å². The fourth-order valence-corrected chi connectivity index (χ4v) is 4.34. The summed E-state index contributed by atoms with van der Waals surface area (Å²) in [6.45, 7) is 1.75. The lowest BCUT2D eigenvalue weighted by molar-refractivity contribution is -0.133. The number of benzene rings is 2. The van der Waals surface area contributed by atoms with Gasteiger partial charge in [-0.3, -0.25) is 9.69 Å². The Balaban J connectivity index is 1.42. The number of ether oxygens (including phenoxy) is 2. The van der Waals surface area contributed by atoms with Crippen LogP contribution < -0.4 is 9.47 Å². The van der Waals surface area contributed by atoms with Crippen LogP contribution in [0.5, 0.6) is 11.5 Å². The van der Waals surface area contributed by atoms with Gasteiger partial charge >= 0.3 is 0 Å². The van der Waals surface area contributed by atoms with E-state index in [0.717, 1.165) is 47.7 Å². The molecule has 1 aliphatic heterocycles. The van der Waals surface area contributed by atoms with Crippen LogP contribution in [0.15, 0.2) is 60.9 Å². The van der Waals surface area contributed by atoms with Crippen molar-refractivity contribution in [2.75, 3.05) is 34.4 Å². The summed E-state index contributed by atoms with van der Waals surface area (Å²) in [7, 11) is 5.28. The lowest BCUT2D eigenvalue weighted by Gasteiger charge is -2.28. The number of carbonyl (C=O) groups excluding carboxylic acids is 1. The number of para-hydroxylation sites is 1. The summed E-state index contributed by atoms with van der Waals surface area (Å²) in [6.07, 6.45) is 5.76. The zero-order chi connectivity index (χ0) is 22.5. The van der Waals surface area contributed by atoms with Crippen molar-refractivity contribution in [2.45, 2.75) is 25.4 Å². The molecule has 7 nitrogen and oxygen atoms in total. The number of hydrogen-bond acceptors (Lipinski definition) is 5. The fourth-order valence-electron chi connectivity index (χ4n) is 4.34. The van der Waals surface area contributed by atoms with Crippen LogP contribution in [0.1, 0.15) is 30.0 Å². The van der Waals surface area contributed by atoms with Crippen LogP contribution in [0.2, 0.25) is 0 Å². The minimum atomic E-state index is 0.00165. The van der Waals surface area contributed by atoms with Gasteiger partial charge in [0.2, 0.25) is 5.91 Å². The Bertz CT molecular complexity index is 1050. The van der Waals surface area contributed by atoms with E-state index in [-0.39, 0.29) is 11.9 Å². The van der Waals surface area contributed by atoms with Crippen LogP contribution in [-0.2, 0) is 11.3 Å². The van der Waals surface area contributed by atoms with Crippen LogP contribution in [-0.4, -0.2) is 59.8 Å². The molecule has 0 saturated carbocycles. The van der Waals surface area contributed by atoms with Crippen molar-refractivity contribution in [3.05, 3.63) is 72.1 Å². The topological polar surface area (TPSA) is 59.8 Å². The zero-order valence-corrected chi connectivity index (χ0v) is 18.9. The standard InChI is InChI=1S/C25H30N4O3/c1-27(16-19-15-26-29(17-19)20-8-5-4-6-9-20)18-25(30)28-13-7-10-23(28)22-14-21(31-2)11-12-24(22)32-3/h4-6,8-9,11-12,14-15,17,23H,7,10,13,16,18H2,1-3H3. The van der Waals surface area contributed by atoms with E-state index in [4.69, 9.17) is 9.47 Å². The molecule has 2 aromatic carbocycles. The van der Waals surface area contributed by atoms with Gasteiger partial charge in [-0.2, -0.15) is 5.10 Å². The predicted molar refractivity (Wildman–Crippen MR) is 123 cm³/mol. The lowest BCUT2D eigenvalue weighted by Crippen LogP contribution is -2.38. The Hall–Kier alpha value is -3.32. The molecular weight excluding hydrogens is 404 g/mol. The maximum atomic E-state index is 13.2. The average Bonchev–Trinajstić information content (AvgIpc) is 3.49. The van der Waals surface area contributed by atoms with E-state index in [1.807, 2.05) is 82.5 Å². The molecule has 2 heterocycles. The molecule has 1 fully saturated rings. The molecule has 0 aliphatic carbocycles. The van der Waals surface area contributed by atoms with Crippen molar-refractivity contribution in [1.82, 2.24) is 19.6 Å². The number of rotatable bonds is 8. The van der Waals surface area contributed by atoms with Gasteiger partial charge in [0.25, 0.3) is 0 Å². The van der Waals surface area contributed by atoms with E-state index >= 15 is 0 Å². The molecule has 1 atom stereocenters. The number of methoxy groups -OCH3 is 2. The largest absolute Gasteiger partial charge is 0.497 e. The number of carbonyl (C=O) groups is 1. The van der Waals surface area contributed by atoms with Gasteiger partial charge in [-0.15, -0.1) is 0 Å². The van der Waals surface area contributed by atoms with Gasteiger partial charge in [0.15, 0.2) is 0 Å². The third-order valence-corrected chi connectivity index (χ3v) is 5.88. The van der Waals surface area contributed by atoms with Gasteiger partial charge in [-0.05, 0) is 50.2 Å². The quantitative estimate of drug-likeness (QED) is 0.541. The van der Waals surface area contributed by atoms with Crippen molar-refractivity contribution in [3.8, 4) is 17.2 Å². The first kappa shape index (κ1) is 21.9. The maximum Gasteiger partial charge on any atom is 0.237 e. The Morgan fingerprint density at radius 2 is 1.97 bits per heavy atom. The molecular formula is C25H30N4O3. The number of likely N-dealkylation sites (tertiary alicyclic amines) is 1. The van der Waals surface area contributed by atoms with E-state index in [9.17, 15) is 4.79 Å². The molecule has 1 aromatic heterocycles. The summed E-state index contributed by atoms with van der Waals surface area (Å²) in [4.78, 5) is 17.2. The van der Waals surface area contributed by atoms with Crippen LogP contribution in [0, 0.1) is 0 Å². The van der Waals surface area contributed by atoms with Gasteiger partial charge < -0.3 is 14.4 Å². The van der Waals surface area contributed by atoms with Crippen LogP contribution in [0.25, 0.3) is 5.69 Å². The predicted octanol–water partition coefficient (Wildman–Crippen LogP) is 3.69. The molecule has 4 rings (SSSR count). The summed E-state index contributed by atoms with van der Waals surface area (Å²) in [5.74, 6) is 1.68. The monoisotopic (exact) mass is 434 g/mol. The Labute approximate surface area is 189 Å². The number of aromatic nitrogens is 2. The molecule has 0 spiro atoms. The van der Waals surface area contributed by atoms with E-state index < -0.39 is 0 Å². The van der Waals surface area contributed by atoms with Crippen molar-refractivity contribution >= 4 is 5.91 Å². The number of amides is 1. The second kappa shape index (κ2) is 9.87. The molecule has 0 N–H and O–H groups in total. The first-order valence-corrected chi connectivity index (χ1v) is 10.9. The summed E-state index contributed by atoms with van der Waals surface area (Å²) in [5.41, 5.74) is 3.09. The van der Waals surface area contributed by atoms with Gasteiger partial charge in [-0.25, -0.2) is 4.68 Å². The lowest BCUT2D eigenvalue weighted by atomic mass is 10.0. The third-order valence-electron chi connectivity index (χ3n) is 5.88. The van der Waals surface area contributed by atoms with Crippen molar-refractivity contribution in [2.24, 2.45) is 0 Å². The Morgan fingerprint density at radius 3 is 2.72 bits per heavy atom. The second-order valence-electron chi connectivity index (χ2n) is 8.15. The minimum absolute atomic E-state index is 0.00165. The fraction of sp³-hybridized carbons (Fsp3) is 0.360. The molecule has 0 bridgehead atoms. The Kier molecular flexibility index (Phi) is 6.75. The highest BCUT2D eigenvalue weighted by Crippen LogP contribution is 2.39. The molecule has 1 aliphatic rings. The summed E-state index contributed by atoms with van der Waals surface area (Å²) in [5, 5.41) is 4.45. The Morgan fingerprint density at radius 1 is 1.16 bits per heavy atom. The maximum absolute atomic E-state index is 13.2. The van der Waals surface area contributed by atoms with Gasteiger partial charge in [0, 0.05) is 30.4 Å². The van der Waals surface area contributed by atoms with Gasteiger partial charge in [0.1, 0.15) is 11.5 Å². The average molecular weight is 435 g/mol. The molecule has 1 amide bonds. The van der Waals surface area contributed by atoms with Crippen LogP contribution >= 0.6 is 0 Å². The molecule has 168 valence electrons. The van der Waals surface area contributed by atoms with Crippen LogP contribution in [0.4, 0.5) is 0 Å². The molecule has 3 aromatic rings. The summed E-state index contributed by atoms with van der Waals surface area (Å²) in [6, 6.07) is 15.8. The molecule has 1 unspecified atom stereocenters. The molecule has 7 heteroatoms. The number of hydrogen-bond donors (Lipinski definition) is 0. The first-order chi connectivity index (χ1) is 15.6. The second-order valence-corrected chi connectivity index (χ2v) is 8.15. The van der Waals surface area contributed by atoms with E-state index in [1.54, 1.807) is 14.2 Å². The zero-order valence-electron chi connectivity index (χ0n) is 18.9. The minimum Gasteiger partial charge on any atom is -0.497 e. The van der Waals surface area contributed by atoms with Gasteiger partial charge in [0.05, 0.1) is 38.7 Å². The van der Waals surface area contributed by atoms with E-state index in [0.29, 0.717) is 13.1 Å². The van der Waals surface area contributed by atoms with Crippen molar-refractivity contribution in [1.29, 1.82) is 0 Å². The van der Waals surface area contributed by atoms with Gasteiger partial charge in [-0.1, -0.05) is 18.2 Å². The van der Waals surface area contributed by atoms with Crippen LogP contribution in [0.3, 0.4) is 0 Å². The number of nitrogens with zero attached hydrogens (tertiary/aromatic N) is 4. The SMILES string of the molecule is COc1ccc(OC)c(C2CCCN2C(=O)CN(C)Cc2cnn(-c3ccccc3)c2)c1. The normalized spacial score (nSPS) is 15.9. The molecule has 32 heavy (non-hydrogen) atoms. The number of likely N-dealkylation sites (N-methyl/N-ethyl adjacent to an activating group) is 1. The highest BCUT2D eigenvalue weighted by molar-refractivity contribution is 5.79. The highest BCUT2D eigenvalue weighted by atomic mass is 16.5.